The van der Waals surface area contributed by atoms with Crippen LogP contribution in [0.15, 0.2) is 54.6 Å². The molecule has 3 rings (SSSR count). The average Bonchev–Trinajstić information content (AvgIpc) is 3.09. The summed E-state index contributed by atoms with van der Waals surface area (Å²) in [5, 5.41) is 3.14. The Morgan fingerprint density at radius 3 is 2.39 bits per heavy atom. The van der Waals surface area contributed by atoms with Crippen molar-refractivity contribution in [2.24, 2.45) is 0 Å². The Balaban J connectivity index is 1.61. The van der Waals surface area contributed by atoms with Crippen molar-refractivity contribution in [3.8, 4) is 0 Å². The first-order chi connectivity index (χ1) is 15.8. The third-order valence-electron chi connectivity index (χ3n) is 5.40. The Hall–Kier alpha value is -2.58. The number of benzene rings is 2. The summed E-state index contributed by atoms with van der Waals surface area (Å²) < 4.78 is 23.4. The molecule has 1 saturated heterocycles. The van der Waals surface area contributed by atoms with Gasteiger partial charge in [0.05, 0.1) is 19.3 Å². The lowest BCUT2D eigenvalue weighted by Crippen LogP contribution is -2.25. The fourth-order valence-corrected chi connectivity index (χ4v) is 3.80. The predicted molar refractivity (Wildman–Crippen MR) is 123 cm³/mol. The van der Waals surface area contributed by atoms with E-state index in [0.29, 0.717) is 13.2 Å². The maximum atomic E-state index is 11.7. The van der Waals surface area contributed by atoms with Gasteiger partial charge < -0.3 is 24.3 Å². The van der Waals surface area contributed by atoms with Gasteiger partial charge in [-0.15, -0.1) is 0 Å². The number of esters is 1. The minimum absolute atomic E-state index is 0.147. The molecule has 1 heterocycles. The molecule has 0 aromatic heterocycles. The van der Waals surface area contributed by atoms with Crippen molar-refractivity contribution in [3.63, 3.8) is 0 Å². The Morgan fingerprint density at radius 1 is 1.06 bits per heavy atom. The van der Waals surface area contributed by atoms with E-state index in [-0.39, 0.29) is 37.1 Å². The zero-order chi connectivity index (χ0) is 23.8. The van der Waals surface area contributed by atoms with Crippen molar-refractivity contribution in [2.45, 2.75) is 57.8 Å². The number of hydrogen-bond acceptors (Lipinski definition) is 7. The fraction of sp³-hybridized carbons (Fsp3) is 0.462. The molecule has 0 amide bonds. The third kappa shape index (κ3) is 7.47. The quantitative estimate of drug-likeness (QED) is 0.407. The van der Waals surface area contributed by atoms with Crippen LogP contribution in [0.3, 0.4) is 0 Å². The zero-order valence-electron chi connectivity index (χ0n) is 19.7. The maximum absolute atomic E-state index is 11.7. The van der Waals surface area contributed by atoms with Gasteiger partial charge in [-0.05, 0) is 44.5 Å². The molecule has 1 aliphatic heterocycles. The van der Waals surface area contributed by atoms with Crippen molar-refractivity contribution >= 4 is 11.8 Å². The van der Waals surface area contributed by atoms with Crippen LogP contribution >= 0.6 is 0 Å². The van der Waals surface area contributed by atoms with Crippen LogP contribution in [0.2, 0.25) is 0 Å². The van der Waals surface area contributed by atoms with Gasteiger partial charge in [0.2, 0.25) is 0 Å². The van der Waals surface area contributed by atoms with E-state index < -0.39 is 11.8 Å². The molecule has 0 spiro atoms. The summed E-state index contributed by atoms with van der Waals surface area (Å²) in [6.45, 7) is 6.24. The number of carbonyl (C=O) groups excluding carboxylic acids is 2. The summed E-state index contributed by atoms with van der Waals surface area (Å²) in [5.74, 6) is -1.44. The van der Waals surface area contributed by atoms with Crippen LogP contribution in [0.1, 0.15) is 56.0 Å². The monoisotopic (exact) mass is 455 g/mol. The summed E-state index contributed by atoms with van der Waals surface area (Å²) in [6, 6.07) is 17.8. The summed E-state index contributed by atoms with van der Waals surface area (Å²) in [4.78, 5) is 22.8. The first kappa shape index (κ1) is 25.1. The van der Waals surface area contributed by atoms with Crippen LogP contribution in [0.5, 0.6) is 0 Å². The molecule has 33 heavy (non-hydrogen) atoms. The average molecular weight is 456 g/mol. The van der Waals surface area contributed by atoms with Crippen LogP contribution in [-0.2, 0) is 35.1 Å². The molecule has 2 aromatic rings. The number of likely N-dealkylation sites (N-methyl/N-ethyl adjacent to an activating group) is 1. The molecule has 1 aliphatic rings. The Labute approximate surface area is 195 Å². The van der Waals surface area contributed by atoms with Crippen molar-refractivity contribution in [1.82, 2.24) is 5.32 Å². The molecule has 0 aliphatic carbocycles. The van der Waals surface area contributed by atoms with Crippen molar-refractivity contribution in [2.75, 3.05) is 20.3 Å². The molecule has 2 aromatic carbocycles. The van der Waals surface area contributed by atoms with Crippen LogP contribution in [0.25, 0.3) is 0 Å². The standard InChI is InChI=1S/C26H33NO6/c1-18(28)14-24(29)31-16-22(27-4)20-10-12-21(13-11-20)25-23(32-26(2,3)33-25)17-30-15-19-8-6-5-7-9-19/h5-13,22-23,25,27H,14-17H2,1-4H3. The van der Waals surface area contributed by atoms with E-state index in [9.17, 15) is 9.59 Å². The molecule has 3 unspecified atom stereocenters. The molecule has 7 nitrogen and oxygen atoms in total. The van der Waals surface area contributed by atoms with Gasteiger partial charge in [0, 0.05) is 0 Å². The molecule has 1 N–H and O–H groups in total. The maximum Gasteiger partial charge on any atom is 0.313 e. The van der Waals surface area contributed by atoms with Crippen LogP contribution in [0, 0.1) is 0 Å². The van der Waals surface area contributed by atoms with Crippen molar-refractivity contribution in [3.05, 3.63) is 71.3 Å². The van der Waals surface area contributed by atoms with E-state index in [0.717, 1.165) is 16.7 Å². The number of rotatable bonds is 11. The largest absolute Gasteiger partial charge is 0.463 e. The fourth-order valence-electron chi connectivity index (χ4n) is 3.80. The van der Waals surface area contributed by atoms with Crippen LogP contribution in [0.4, 0.5) is 0 Å². The smallest absolute Gasteiger partial charge is 0.313 e. The normalized spacial score (nSPS) is 20.4. The second-order valence-electron chi connectivity index (χ2n) is 8.67. The summed E-state index contributed by atoms with van der Waals surface area (Å²) in [5.41, 5.74) is 3.06. The second kappa shape index (κ2) is 11.5. The van der Waals surface area contributed by atoms with E-state index in [1.807, 2.05) is 68.4 Å². The molecule has 0 bridgehead atoms. The Bertz CT molecular complexity index is 912. The lowest BCUT2D eigenvalue weighted by atomic mass is 10.0. The summed E-state index contributed by atoms with van der Waals surface area (Å²) >= 11 is 0. The van der Waals surface area contributed by atoms with Crippen LogP contribution in [-0.4, -0.2) is 43.9 Å². The van der Waals surface area contributed by atoms with Crippen molar-refractivity contribution < 1.29 is 28.5 Å². The highest BCUT2D eigenvalue weighted by Crippen LogP contribution is 2.38. The minimum Gasteiger partial charge on any atom is -0.463 e. The first-order valence-corrected chi connectivity index (χ1v) is 11.2. The van der Waals surface area contributed by atoms with Crippen LogP contribution < -0.4 is 5.32 Å². The molecule has 0 saturated carbocycles. The molecule has 3 atom stereocenters. The highest BCUT2D eigenvalue weighted by Gasteiger charge is 2.42. The van der Waals surface area contributed by atoms with E-state index in [2.05, 4.69) is 5.32 Å². The lowest BCUT2D eigenvalue weighted by Gasteiger charge is -2.20. The zero-order valence-corrected chi connectivity index (χ0v) is 19.7. The molecular formula is C26H33NO6. The predicted octanol–water partition coefficient (Wildman–Crippen LogP) is 3.88. The SMILES string of the molecule is CNC(COC(=O)CC(C)=O)c1ccc(C2OC(C)(C)OC2COCc2ccccc2)cc1. The number of nitrogens with one attached hydrogen (secondary N) is 1. The van der Waals surface area contributed by atoms with E-state index >= 15 is 0 Å². The van der Waals surface area contributed by atoms with Gasteiger partial charge in [-0.25, -0.2) is 0 Å². The van der Waals surface area contributed by atoms with Gasteiger partial charge in [-0.2, -0.15) is 0 Å². The minimum atomic E-state index is -0.706. The van der Waals surface area contributed by atoms with E-state index in [4.69, 9.17) is 18.9 Å². The topological polar surface area (TPSA) is 83.1 Å². The van der Waals surface area contributed by atoms with Gasteiger partial charge in [-0.3, -0.25) is 9.59 Å². The van der Waals surface area contributed by atoms with Gasteiger partial charge in [0.1, 0.15) is 31.0 Å². The van der Waals surface area contributed by atoms with Gasteiger partial charge >= 0.3 is 5.97 Å². The highest BCUT2D eigenvalue weighted by molar-refractivity contribution is 5.94. The number of ether oxygens (including phenoxy) is 4. The third-order valence-corrected chi connectivity index (χ3v) is 5.40. The summed E-state index contributed by atoms with van der Waals surface area (Å²) in [7, 11) is 1.80. The molecule has 1 fully saturated rings. The van der Waals surface area contributed by atoms with E-state index in [1.165, 1.54) is 6.92 Å². The molecule has 0 radical (unpaired) electrons. The summed E-state index contributed by atoms with van der Waals surface area (Å²) in [6.07, 6.45) is -0.703. The number of hydrogen-bond donors (Lipinski definition) is 1. The second-order valence-corrected chi connectivity index (χ2v) is 8.67. The Morgan fingerprint density at radius 2 is 1.76 bits per heavy atom. The number of carbonyl (C=O) groups is 2. The first-order valence-electron chi connectivity index (χ1n) is 11.2. The van der Waals surface area contributed by atoms with Gasteiger partial charge in [-0.1, -0.05) is 54.6 Å². The van der Waals surface area contributed by atoms with Crippen molar-refractivity contribution in [1.29, 1.82) is 0 Å². The number of ketones is 1. The lowest BCUT2D eigenvalue weighted by molar-refractivity contribution is -0.151. The van der Waals surface area contributed by atoms with Gasteiger partial charge in [0.15, 0.2) is 5.79 Å². The van der Waals surface area contributed by atoms with Gasteiger partial charge in [0.25, 0.3) is 0 Å². The Kier molecular flexibility index (Phi) is 8.74. The molecule has 7 heteroatoms. The van der Waals surface area contributed by atoms with E-state index in [1.54, 1.807) is 7.05 Å². The molecule has 178 valence electrons. The number of Topliss-reactive ketones (excluding diaryl/α,β-unsaturated/α-hetero) is 1. The molecular weight excluding hydrogens is 422 g/mol. The highest BCUT2D eigenvalue weighted by atomic mass is 16.8.